The minimum atomic E-state index is -2.98. The molecule has 0 aliphatic carbocycles. The molecule has 2 atom stereocenters. The van der Waals surface area contributed by atoms with E-state index in [-0.39, 0.29) is 47.7 Å². The van der Waals surface area contributed by atoms with Crippen molar-refractivity contribution in [3.63, 3.8) is 0 Å². The third-order valence-corrected chi connectivity index (χ3v) is 5.90. The van der Waals surface area contributed by atoms with Crippen molar-refractivity contribution in [2.45, 2.75) is 38.9 Å². The molecule has 2 fully saturated rings. The predicted molar refractivity (Wildman–Crippen MR) is 106 cm³/mol. The second-order valence-corrected chi connectivity index (χ2v) is 8.35. The summed E-state index contributed by atoms with van der Waals surface area (Å²) in [4.78, 5) is 6.64. The average Bonchev–Trinajstić information content (AvgIpc) is 3.09. The minimum Gasteiger partial charge on any atom is -0.375 e. The Bertz CT molecular complexity index is 495. The second-order valence-electron chi connectivity index (χ2n) is 5.88. The van der Waals surface area contributed by atoms with Crippen LogP contribution < -0.4 is 5.32 Å². The van der Waals surface area contributed by atoms with E-state index in [2.05, 4.69) is 15.2 Å². The molecule has 0 aromatic rings. The Morgan fingerprint density at radius 1 is 1.25 bits per heavy atom. The lowest BCUT2D eigenvalue weighted by atomic mass is 10.1. The molecule has 142 valence electrons. The molecule has 0 aromatic carbocycles. The molecule has 0 aromatic heterocycles. The van der Waals surface area contributed by atoms with Crippen LogP contribution in [-0.4, -0.2) is 82.4 Å². The standard InChI is InChI=1S/C15H29N3O4S.HI/c1-3-16-15(17-7-11-23(19,20)4-2)18-8-10-22-14(12-18)13-6-5-9-21-13;/h13-14H,3-12H2,1-2H3,(H,16,17);1H. The van der Waals surface area contributed by atoms with Gasteiger partial charge in [-0.05, 0) is 19.8 Å². The number of morpholine rings is 1. The van der Waals surface area contributed by atoms with Crippen LogP contribution in [0.4, 0.5) is 0 Å². The van der Waals surface area contributed by atoms with E-state index in [9.17, 15) is 8.42 Å². The van der Waals surface area contributed by atoms with Crippen LogP contribution in [0.15, 0.2) is 4.99 Å². The number of sulfone groups is 1. The van der Waals surface area contributed by atoms with Crippen molar-refractivity contribution in [3.8, 4) is 0 Å². The van der Waals surface area contributed by atoms with E-state index in [4.69, 9.17) is 9.47 Å². The second kappa shape index (κ2) is 10.8. The van der Waals surface area contributed by atoms with Gasteiger partial charge in [0, 0.05) is 32.0 Å². The van der Waals surface area contributed by atoms with Crippen LogP contribution in [0, 0.1) is 0 Å². The van der Waals surface area contributed by atoms with Crippen LogP contribution in [0.25, 0.3) is 0 Å². The normalized spacial score (nSPS) is 25.4. The number of hydrogen-bond acceptors (Lipinski definition) is 5. The number of nitrogens with one attached hydrogen (secondary N) is 1. The van der Waals surface area contributed by atoms with E-state index in [0.29, 0.717) is 13.2 Å². The first-order valence-electron chi connectivity index (χ1n) is 8.52. The van der Waals surface area contributed by atoms with Gasteiger partial charge in [0.05, 0.1) is 25.0 Å². The maximum atomic E-state index is 11.6. The summed E-state index contributed by atoms with van der Waals surface area (Å²) in [5.41, 5.74) is 0. The van der Waals surface area contributed by atoms with Crippen LogP contribution in [0.5, 0.6) is 0 Å². The highest BCUT2D eigenvalue weighted by Crippen LogP contribution is 2.21. The summed E-state index contributed by atoms with van der Waals surface area (Å²) in [6.45, 7) is 7.67. The average molecular weight is 475 g/mol. The molecule has 0 saturated carbocycles. The summed E-state index contributed by atoms with van der Waals surface area (Å²) in [5, 5.41) is 3.25. The van der Waals surface area contributed by atoms with Crippen molar-refractivity contribution in [2.24, 2.45) is 4.99 Å². The van der Waals surface area contributed by atoms with Crippen molar-refractivity contribution < 1.29 is 17.9 Å². The molecule has 7 nitrogen and oxygen atoms in total. The Morgan fingerprint density at radius 2 is 2.00 bits per heavy atom. The van der Waals surface area contributed by atoms with Crippen LogP contribution in [-0.2, 0) is 19.3 Å². The fourth-order valence-corrected chi connectivity index (χ4v) is 3.51. The number of nitrogens with zero attached hydrogens (tertiary/aromatic N) is 2. The first-order chi connectivity index (χ1) is 11.1. The highest BCUT2D eigenvalue weighted by Gasteiger charge is 2.32. The molecule has 0 spiro atoms. The lowest BCUT2D eigenvalue weighted by Crippen LogP contribution is -2.53. The number of halogens is 1. The van der Waals surface area contributed by atoms with Gasteiger partial charge < -0.3 is 19.7 Å². The largest absolute Gasteiger partial charge is 0.375 e. The van der Waals surface area contributed by atoms with E-state index >= 15 is 0 Å². The van der Waals surface area contributed by atoms with Gasteiger partial charge in [0.1, 0.15) is 6.10 Å². The fraction of sp³-hybridized carbons (Fsp3) is 0.933. The zero-order valence-corrected chi connectivity index (χ0v) is 17.7. The van der Waals surface area contributed by atoms with E-state index in [1.165, 1.54) is 0 Å². The molecule has 2 aliphatic rings. The molecule has 2 unspecified atom stereocenters. The van der Waals surface area contributed by atoms with Crippen molar-refractivity contribution in [1.82, 2.24) is 10.2 Å². The zero-order chi connectivity index (χ0) is 16.7. The molecular formula is C15H30IN3O4S. The number of guanidine groups is 1. The summed E-state index contributed by atoms with van der Waals surface area (Å²) >= 11 is 0. The zero-order valence-electron chi connectivity index (χ0n) is 14.6. The Morgan fingerprint density at radius 3 is 2.62 bits per heavy atom. The molecule has 0 amide bonds. The van der Waals surface area contributed by atoms with E-state index in [1.807, 2.05) is 6.92 Å². The number of ether oxygens (including phenoxy) is 2. The Kier molecular flexibility index (Phi) is 9.83. The van der Waals surface area contributed by atoms with Gasteiger partial charge in [-0.1, -0.05) is 6.92 Å². The summed E-state index contributed by atoms with van der Waals surface area (Å²) in [7, 11) is -2.98. The lowest BCUT2D eigenvalue weighted by Gasteiger charge is -2.37. The Labute approximate surface area is 162 Å². The molecule has 2 rings (SSSR count). The van der Waals surface area contributed by atoms with E-state index in [0.717, 1.165) is 45.0 Å². The van der Waals surface area contributed by atoms with Crippen molar-refractivity contribution in [2.75, 3.05) is 50.9 Å². The number of hydrogen-bond donors (Lipinski definition) is 1. The maximum absolute atomic E-state index is 11.6. The van der Waals surface area contributed by atoms with Crippen LogP contribution in [0.3, 0.4) is 0 Å². The van der Waals surface area contributed by atoms with Gasteiger partial charge in [0.25, 0.3) is 0 Å². The van der Waals surface area contributed by atoms with Gasteiger partial charge in [-0.2, -0.15) is 0 Å². The highest BCUT2D eigenvalue weighted by molar-refractivity contribution is 14.0. The van der Waals surface area contributed by atoms with Crippen molar-refractivity contribution >= 4 is 39.8 Å². The summed E-state index contributed by atoms with van der Waals surface area (Å²) in [5.74, 6) is 1.03. The molecule has 0 radical (unpaired) electrons. The molecule has 2 aliphatic heterocycles. The van der Waals surface area contributed by atoms with E-state index < -0.39 is 9.84 Å². The summed E-state index contributed by atoms with van der Waals surface area (Å²) < 4.78 is 34.8. The van der Waals surface area contributed by atoms with Crippen molar-refractivity contribution in [3.05, 3.63) is 0 Å². The lowest BCUT2D eigenvalue weighted by molar-refractivity contribution is -0.0816. The summed E-state index contributed by atoms with van der Waals surface area (Å²) in [6, 6.07) is 0. The predicted octanol–water partition coefficient (Wildman–Crippen LogP) is 0.884. The Hall–Kier alpha value is -0.130. The van der Waals surface area contributed by atoms with Crippen LogP contribution in [0.1, 0.15) is 26.7 Å². The third kappa shape index (κ3) is 6.64. The minimum absolute atomic E-state index is 0. The van der Waals surface area contributed by atoms with Crippen LogP contribution in [0.2, 0.25) is 0 Å². The summed E-state index contributed by atoms with van der Waals surface area (Å²) in [6.07, 6.45) is 2.37. The van der Waals surface area contributed by atoms with Gasteiger partial charge >= 0.3 is 0 Å². The molecule has 1 N–H and O–H groups in total. The molecule has 2 heterocycles. The maximum Gasteiger partial charge on any atom is 0.194 e. The monoisotopic (exact) mass is 475 g/mol. The highest BCUT2D eigenvalue weighted by atomic mass is 127. The molecule has 24 heavy (non-hydrogen) atoms. The van der Waals surface area contributed by atoms with Crippen LogP contribution >= 0.6 is 24.0 Å². The van der Waals surface area contributed by atoms with Gasteiger partial charge in [-0.15, -0.1) is 24.0 Å². The first-order valence-corrected chi connectivity index (χ1v) is 10.3. The number of rotatable bonds is 6. The molecule has 9 heteroatoms. The van der Waals surface area contributed by atoms with Gasteiger partial charge in [0.2, 0.25) is 0 Å². The molecule has 0 bridgehead atoms. The van der Waals surface area contributed by atoms with E-state index in [1.54, 1.807) is 6.92 Å². The third-order valence-electron chi connectivity index (χ3n) is 4.21. The molecular weight excluding hydrogens is 445 g/mol. The van der Waals surface area contributed by atoms with Gasteiger partial charge in [-0.25, -0.2) is 8.42 Å². The molecule has 2 saturated heterocycles. The van der Waals surface area contributed by atoms with Crippen molar-refractivity contribution in [1.29, 1.82) is 0 Å². The fourth-order valence-electron chi connectivity index (χ4n) is 2.85. The topological polar surface area (TPSA) is 80.2 Å². The van der Waals surface area contributed by atoms with Gasteiger partial charge in [0.15, 0.2) is 15.8 Å². The Balaban J connectivity index is 0.00000288. The number of aliphatic imine (C=N–C) groups is 1. The quantitative estimate of drug-likeness (QED) is 0.349. The first kappa shape index (κ1) is 21.9. The smallest absolute Gasteiger partial charge is 0.194 e. The van der Waals surface area contributed by atoms with Gasteiger partial charge in [-0.3, -0.25) is 4.99 Å². The SMILES string of the molecule is CCNC(=NCCS(=O)(=O)CC)N1CCOC(C2CCCO2)C1.I.